The molecular formula is C12H25ClN2O3. The second-order valence-electron chi connectivity index (χ2n) is 5.58. The Hall–Kier alpha value is -0.360. The van der Waals surface area contributed by atoms with Crippen LogP contribution in [0.1, 0.15) is 20.8 Å². The number of methoxy groups -OCH3 is 1. The SMILES string of the molecule is COCC1CN(C(=O)[C@@H](N)C(C)(C)C)CCO1.Cl. The summed E-state index contributed by atoms with van der Waals surface area (Å²) >= 11 is 0. The molecule has 6 heteroatoms. The number of amides is 1. The van der Waals surface area contributed by atoms with Crippen LogP contribution in [0.5, 0.6) is 0 Å². The summed E-state index contributed by atoms with van der Waals surface area (Å²) in [4.78, 5) is 14.0. The molecule has 0 aliphatic carbocycles. The number of carbonyl (C=O) groups excluding carboxylic acids is 1. The second-order valence-corrected chi connectivity index (χ2v) is 5.58. The number of nitrogens with zero attached hydrogens (tertiary/aromatic N) is 1. The molecule has 1 aliphatic rings. The van der Waals surface area contributed by atoms with E-state index in [4.69, 9.17) is 15.2 Å². The summed E-state index contributed by atoms with van der Waals surface area (Å²) in [5.74, 6) is 0.00176. The van der Waals surface area contributed by atoms with Gasteiger partial charge in [0, 0.05) is 20.2 Å². The molecule has 2 atom stereocenters. The minimum absolute atomic E-state index is 0. The molecule has 0 bridgehead atoms. The first-order valence-electron chi connectivity index (χ1n) is 6.01. The third kappa shape index (κ3) is 4.72. The van der Waals surface area contributed by atoms with Gasteiger partial charge in [-0.1, -0.05) is 20.8 Å². The molecule has 1 aliphatic heterocycles. The summed E-state index contributed by atoms with van der Waals surface area (Å²) in [7, 11) is 1.63. The van der Waals surface area contributed by atoms with E-state index < -0.39 is 6.04 Å². The zero-order valence-corrected chi connectivity index (χ0v) is 12.5. The molecule has 5 nitrogen and oxygen atoms in total. The van der Waals surface area contributed by atoms with E-state index in [2.05, 4.69) is 0 Å². The van der Waals surface area contributed by atoms with Crippen LogP contribution in [0.2, 0.25) is 0 Å². The molecule has 0 aromatic rings. The highest BCUT2D eigenvalue weighted by molar-refractivity contribution is 5.85. The highest BCUT2D eigenvalue weighted by atomic mass is 35.5. The van der Waals surface area contributed by atoms with Crippen molar-refractivity contribution in [2.75, 3.05) is 33.4 Å². The van der Waals surface area contributed by atoms with Gasteiger partial charge >= 0.3 is 0 Å². The van der Waals surface area contributed by atoms with Gasteiger partial charge in [0.25, 0.3) is 0 Å². The van der Waals surface area contributed by atoms with Crippen molar-refractivity contribution < 1.29 is 14.3 Å². The first kappa shape index (κ1) is 17.6. The van der Waals surface area contributed by atoms with Gasteiger partial charge in [0.2, 0.25) is 5.91 Å². The Balaban J connectivity index is 0.00000289. The third-order valence-electron chi connectivity index (χ3n) is 3.00. The van der Waals surface area contributed by atoms with Crippen molar-refractivity contribution in [3.63, 3.8) is 0 Å². The molecular weight excluding hydrogens is 256 g/mol. The van der Waals surface area contributed by atoms with Crippen LogP contribution in [0, 0.1) is 5.41 Å². The van der Waals surface area contributed by atoms with Gasteiger partial charge in [-0.05, 0) is 5.41 Å². The maximum absolute atomic E-state index is 12.2. The van der Waals surface area contributed by atoms with Crippen molar-refractivity contribution in [2.24, 2.45) is 11.1 Å². The lowest BCUT2D eigenvalue weighted by atomic mass is 9.86. The van der Waals surface area contributed by atoms with Crippen molar-refractivity contribution in [3.05, 3.63) is 0 Å². The minimum atomic E-state index is -0.469. The number of nitrogens with two attached hydrogens (primary N) is 1. The fourth-order valence-corrected chi connectivity index (χ4v) is 1.77. The van der Waals surface area contributed by atoms with Crippen LogP contribution in [0.4, 0.5) is 0 Å². The lowest BCUT2D eigenvalue weighted by Gasteiger charge is -2.37. The number of morpholine rings is 1. The zero-order chi connectivity index (χ0) is 13.1. The number of carbonyl (C=O) groups is 1. The van der Waals surface area contributed by atoms with Crippen LogP contribution in [0.15, 0.2) is 0 Å². The summed E-state index contributed by atoms with van der Waals surface area (Å²) in [5.41, 5.74) is 5.77. The Kier molecular flexibility index (Phi) is 7.14. The van der Waals surface area contributed by atoms with Crippen LogP contribution in [0.25, 0.3) is 0 Å². The predicted molar refractivity (Wildman–Crippen MR) is 72.9 cm³/mol. The normalized spacial score (nSPS) is 22.3. The molecule has 18 heavy (non-hydrogen) atoms. The van der Waals surface area contributed by atoms with E-state index in [1.54, 1.807) is 12.0 Å². The molecule has 1 unspecified atom stereocenters. The van der Waals surface area contributed by atoms with Gasteiger partial charge in [-0.25, -0.2) is 0 Å². The molecule has 0 aromatic heterocycles. The molecule has 2 N–H and O–H groups in total. The maximum atomic E-state index is 12.2. The average molecular weight is 281 g/mol. The lowest BCUT2D eigenvalue weighted by molar-refractivity contribution is -0.144. The quantitative estimate of drug-likeness (QED) is 0.825. The van der Waals surface area contributed by atoms with Gasteiger partial charge in [-0.15, -0.1) is 12.4 Å². The molecule has 108 valence electrons. The fraction of sp³-hybridized carbons (Fsp3) is 0.917. The van der Waals surface area contributed by atoms with Gasteiger partial charge in [0.15, 0.2) is 0 Å². The molecule has 0 spiro atoms. The maximum Gasteiger partial charge on any atom is 0.240 e. The van der Waals surface area contributed by atoms with E-state index in [1.807, 2.05) is 20.8 Å². The average Bonchev–Trinajstić information content (AvgIpc) is 2.27. The van der Waals surface area contributed by atoms with E-state index in [1.165, 1.54) is 0 Å². The number of ether oxygens (including phenoxy) is 2. The molecule has 0 aromatic carbocycles. The van der Waals surface area contributed by atoms with Crippen molar-refractivity contribution in [2.45, 2.75) is 32.9 Å². The van der Waals surface area contributed by atoms with E-state index >= 15 is 0 Å². The van der Waals surface area contributed by atoms with E-state index in [9.17, 15) is 4.79 Å². The van der Waals surface area contributed by atoms with Crippen LogP contribution in [0.3, 0.4) is 0 Å². The van der Waals surface area contributed by atoms with Crippen molar-refractivity contribution >= 4 is 18.3 Å². The molecule has 0 saturated carbocycles. The van der Waals surface area contributed by atoms with E-state index in [0.29, 0.717) is 26.3 Å². The van der Waals surface area contributed by atoms with Crippen LogP contribution in [-0.2, 0) is 14.3 Å². The van der Waals surface area contributed by atoms with Crippen molar-refractivity contribution in [1.29, 1.82) is 0 Å². The molecule has 1 amide bonds. The zero-order valence-electron chi connectivity index (χ0n) is 11.6. The summed E-state index contributed by atoms with van der Waals surface area (Å²) in [5, 5.41) is 0. The Bertz CT molecular complexity index is 267. The highest BCUT2D eigenvalue weighted by Gasteiger charge is 2.33. The molecule has 1 heterocycles. The van der Waals surface area contributed by atoms with E-state index in [0.717, 1.165) is 0 Å². The number of hydrogen-bond acceptors (Lipinski definition) is 4. The van der Waals surface area contributed by atoms with E-state index in [-0.39, 0.29) is 29.8 Å². The van der Waals surface area contributed by atoms with Crippen LogP contribution in [-0.4, -0.2) is 56.4 Å². The van der Waals surface area contributed by atoms with Crippen molar-refractivity contribution in [3.8, 4) is 0 Å². The van der Waals surface area contributed by atoms with Gasteiger partial charge in [-0.3, -0.25) is 4.79 Å². The van der Waals surface area contributed by atoms with Gasteiger partial charge in [0.05, 0.1) is 25.4 Å². The van der Waals surface area contributed by atoms with Gasteiger partial charge < -0.3 is 20.1 Å². The number of halogens is 1. The third-order valence-corrected chi connectivity index (χ3v) is 3.00. The standard InChI is InChI=1S/C12H24N2O3.ClH/c1-12(2,3)10(13)11(15)14-5-6-17-9(7-14)8-16-4;/h9-10H,5-8,13H2,1-4H3;1H/t9?,10-;/m1./s1. The summed E-state index contributed by atoms with van der Waals surface area (Å²) in [6.45, 7) is 8.17. The van der Waals surface area contributed by atoms with Crippen LogP contribution >= 0.6 is 12.4 Å². The Morgan fingerprint density at radius 1 is 1.56 bits per heavy atom. The predicted octanol–water partition coefficient (Wildman–Crippen LogP) is 0.655. The summed E-state index contributed by atoms with van der Waals surface area (Å²) < 4.78 is 10.5. The Morgan fingerprint density at radius 2 is 2.17 bits per heavy atom. The monoisotopic (exact) mass is 280 g/mol. The molecule has 1 rings (SSSR count). The topological polar surface area (TPSA) is 64.8 Å². The van der Waals surface area contributed by atoms with Crippen molar-refractivity contribution in [1.82, 2.24) is 4.90 Å². The summed E-state index contributed by atoms with van der Waals surface area (Å²) in [6.07, 6.45) is -0.0372. The first-order valence-corrected chi connectivity index (χ1v) is 6.01. The fourth-order valence-electron chi connectivity index (χ4n) is 1.77. The highest BCUT2D eigenvalue weighted by Crippen LogP contribution is 2.20. The number of rotatable bonds is 3. The van der Waals surface area contributed by atoms with Gasteiger partial charge in [-0.2, -0.15) is 0 Å². The largest absolute Gasteiger partial charge is 0.382 e. The molecule has 1 saturated heterocycles. The first-order chi connectivity index (χ1) is 7.86. The second kappa shape index (κ2) is 7.28. The molecule has 0 radical (unpaired) electrons. The Morgan fingerprint density at radius 3 is 2.67 bits per heavy atom. The lowest BCUT2D eigenvalue weighted by Crippen LogP contribution is -2.55. The number of hydrogen-bond donors (Lipinski definition) is 1. The minimum Gasteiger partial charge on any atom is -0.382 e. The van der Waals surface area contributed by atoms with Crippen LogP contribution < -0.4 is 5.73 Å². The van der Waals surface area contributed by atoms with Gasteiger partial charge in [0.1, 0.15) is 0 Å². The molecule has 1 fully saturated rings. The Labute approximate surface area is 115 Å². The summed E-state index contributed by atoms with van der Waals surface area (Å²) in [6, 6.07) is -0.469. The smallest absolute Gasteiger partial charge is 0.240 e.